The van der Waals surface area contributed by atoms with Gasteiger partial charge >= 0.3 is 0 Å². The molecule has 4 N–H and O–H groups in total. The number of amides is 2. The van der Waals surface area contributed by atoms with Crippen LogP contribution in [0.5, 0.6) is 17.2 Å². The number of anilines is 2. The first-order valence-electron chi connectivity index (χ1n) is 12.4. The van der Waals surface area contributed by atoms with Crippen molar-refractivity contribution in [1.29, 1.82) is 5.41 Å². The standard InChI is InChI=1S/C31H29FN4O5/c1-18-5-14-24(36(31(33)34)30(38)22-15-26(39-2)28(41-4)27(16-22)40-3)17-25(18)35-29(37)21-8-6-19(7-9-21)20-10-12-23(32)13-11-20/h5-17H,1-4H3,(H3,33,34)(H,35,37). The SMILES string of the molecule is COc1cc(C(=O)N(C(=N)N)c2ccc(C)c(NC(=O)c3ccc(-c4ccc(F)cc4)cc3)c2)cc(OC)c1OC. The molecule has 0 saturated heterocycles. The Morgan fingerprint density at radius 2 is 1.37 bits per heavy atom. The van der Waals surface area contributed by atoms with Crippen LogP contribution >= 0.6 is 0 Å². The minimum absolute atomic E-state index is 0.141. The maximum Gasteiger partial charge on any atom is 0.265 e. The lowest BCUT2D eigenvalue weighted by Gasteiger charge is -2.23. The Bertz CT molecular complexity index is 1580. The van der Waals surface area contributed by atoms with Gasteiger partial charge in [0.2, 0.25) is 5.75 Å². The predicted molar refractivity (Wildman–Crippen MR) is 156 cm³/mol. The molecule has 4 aromatic carbocycles. The zero-order valence-corrected chi connectivity index (χ0v) is 22.9. The summed E-state index contributed by atoms with van der Waals surface area (Å²) in [6, 6.07) is 20.8. The molecule has 0 unspecified atom stereocenters. The van der Waals surface area contributed by atoms with Crippen molar-refractivity contribution in [3.8, 4) is 28.4 Å². The molecule has 0 radical (unpaired) electrons. The van der Waals surface area contributed by atoms with Crippen LogP contribution in [0.3, 0.4) is 0 Å². The highest BCUT2D eigenvalue weighted by molar-refractivity contribution is 6.21. The number of rotatable bonds is 8. The maximum atomic E-state index is 13.6. The minimum atomic E-state index is -0.616. The van der Waals surface area contributed by atoms with Crippen LogP contribution in [0.15, 0.2) is 78.9 Å². The number of hydrogen-bond acceptors (Lipinski definition) is 6. The highest BCUT2D eigenvalue weighted by atomic mass is 19.1. The largest absolute Gasteiger partial charge is 0.493 e. The first kappa shape index (κ1) is 28.6. The minimum Gasteiger partial charge on any atom is -0.493 e. The third kappa shape index (κ3) is 6.11. The van der Waals surface area contributed by atoms with Gasteiger partial charge in [-0.1, -0.05) is 30.3 Å². The second-order valence-electron chi connectivity index (χ2n) is 8.98. The van der Waals surface area contributed by atoms with Gasteiger partial charge in [-0.25, -0.2) is 9.29 Å². The van der Waals surface area contributed by atoms with Crippen LogP contribution in [0.2, 0.25) is 0 Å². The monoisotopic (exact) mass is 556 g/mol. The molecule has 0 aliphatic rings. The third-order valence-corrected chi connectivity index (χ3v) is 6.41. The van der Waals surface area contributed by atoms with Gasteiger partial charge in [-0.3, -0.25) is 15.0 Å². The smallest absolute Gasteiger partial charge is 0.265 e. The van der Waals surface area contributed by atoms with Crippen molar-refractivity contribution in [2.75, 3.05) is 31.5 Å². The van der Waals surface area contributed by atoms with E-state index in [1.807, 2.05) is 0 Å². The molecule has 9 nitrogen and oxygen atoms in total. The number of nitrogens with zero attached hydrogens (tertiary/aromatic N) is 1. The molecule has 0 aliphatic carbocycles. The molecule has 4 aromatic rings. The molecular formula is C31H29FN4O5. The molecule has 4 rings (SSSR count). The maximum absolute atomic E-state index is 13.6. The van der Waals surface area contributed by atoms with Gasteiger partial charge in [0.15, 0.2) is 17.5 Å². The van der Waals surface area contributed by atoms with Crippen molar-refractivity contribution in [3.05, 3.63) is 101 Å². The lowest BCUT2D eigenvalue weighted by molar-refractivity contribution is 0.0999. The van der Waals surface area contributed by atoms with Crippen molar-refractivity contribution < 1.29 is 28.2 Å². The van der Waals surface area contributed by atoms with Gasteiger partial charge in [0.1, 0.15) is 5.82 Å². The number of methoxy groups -OCH3 is 3. The average Bonchev–Trinajstić information content (AvgIpc) is 2.98. The van der Waals surface area contributed by atoms with Crippen LogP contribution < -0.4 is 30.2 Å². The second kappa shape index (κ2) is 12.2. The fraction of sp³-hybridized carbons (Fsp3) is 0.129. The van der Waals surface area contributed by atoms with Crippen molar-refractivity contribution >= 4 is 29.1 Å². The summed E-state index contributed by atoms with van der Waals surface area (Å²) in [5, 5.41) is 11.0. The van der Waals surface area contributed by atoms with Gasteiger partial charge in [0, 0.05) is 16.8 Å². The van der Waals surface area contributed by atoms with Gasteiger partial charge in [-0.15, -0.1) is 0 Å². The lowest BCUT2D eigenvalue weighted by atomic mass is 10.0. The van der Waals surface area contributed by atoms with Crippen molar-refractivity contribution in [2.45, 2.75) is 6.92 Å². The van der Waals surface area contributed by atoms with E-state index < -0.39 is 11.9 Å². The van der Waals surface area contributed by atoms with Crippen LogP contribution in [0.1, 0.15) is 26.3 Å². The molecule has 0 atom stereocenters. The number of nitrogens with one attached hydrogen (secondary N) is 2. The van der Waals surface area contributed by atoms with Crippen LogP contribution in [0.4, 0.5) is 15.8 Å². The van der Waals surface area contributed by atoms with Gasteiger partial charge in [-0.05, 0) is 72.1 Å². The van der Waals surface area contributed by atoms with E-state index in [0.717, 1.165) is 21.6 Å². The van der Waals surface area contributed by atoms with E-state index in [1.165, 1.54) is 45.6 Å². The van der Waals surface area contributed by atoms with E-state index >= 15 is 0 Å². The van der Waals surface area contributed by atoms with Gasteiger partial charge in [0.25, 0.3) is 11.8 Å². The zero-order valence-electron chi connectivity index (χ0n) is 22.9. The Balaban J connectivity index is 1.61. The molecule has 10 heteroatoms. The van der Waals surface area contributed by atoms with Crippen molar-refractivity contribution in [2.24, 2.45) is 5.73 Å². The summed E-state index contributed by atoms with van der Waals surface area (Å²) in [5.74, 6) is -0.999. The van der Waals surface area contributed by atoms with E-state index in [-0.39, 0.29) is 34.5 Å². The molecule has 2 amide bonds. The molecular weight excluding hydrogens is 527 g/mol. The second-order valence-corrected chi connectivity index (χ2v) is 8.98. The Morgan fingerprint density at radius 3 is 1.88 bits per heavy atom. The zero-order chi connectivity index (χ0) is 29.7. The van der Waals surface area contributed by atoms with Crippen molar-refractivity contribution in [1.82, 2.24) is 0 Å². The summed E-state index contributed by atoms with van der Waals surface area (Å²) in [6.45, 7) is 1.80. The summed E-state index contributed by atoms with van der Waals surface area (Å²) in [6.07, 6.45) is 0. The molecule has 0 aliphatic heterocycles. The summed E-state index contributed by atoms with van der Waals surface area (Å²) in [5.41, 5.74) is 9.47. The first-order chi connectivity index (χ1) is 19.7. The number of nitrogens with two attached hydrogens (primary N) is 1. The first-order valence-corrected chi connectivity index (χ1v) is 12.4. The number of carbonyl (C=O) groups excluding carboxylic acids is 2. The molecule has 41 heavy (non-hydrogen) atoms. The van der Waals surface area contributed by atoms with Crippen LogP contribution in [-0.4, -0.2) is 39.1 Å². The Kier molecular flexibility index (Phi) is 8.52. The summed E-state index contributed by atoms with van der Waals surface area (Å²) >= 11 is 0. The van der Waals surface area contributed by atoms with Crippen LogP contribution in [0.25, 0.3) is 11.1 Å². The topological polar surface area (TPSA) is 127 Å². The molecule has 0 bridgehead atoms. The summed E-state index contributed by atoms with van der Waals surface area (Å²) in [4.78, 5) is 27.7. The molecule has 0 spiro atoms. The fourth-order valence-corrected chi connectivity index (χ4v) is 4.23. The summed E-state index contributed by atoms with van der Waals surface area (Å²) in [7, 11) is 4.31. The number of carbonyl (C=O) groups is 2. The lowest BCUT2D eigenvalue weighted by Crippen LogP contribution is -2.41. The predicted octanol–water partition coefficient (Wildman–Crippen LogP) is 5.62. The number of ether oxygens (including phenoxy) is 3. The molecule has 0 heterocycles. The number of halogens is 1. The van der Waals surface area contributed by atoms with Gasteiger partial charge in [-0.2, -0.15) is 0 Å². The molecule has 210 valence electrons. The van der Waals surface area contributed by atoms with E-state index in [0.29, 0.717) is 17.0 Å². The third-order valence-electron chi connectivity index (χ3n) is 6.41. The summed E-state index contributed by atoms with van der Waals surface area (Å²) < 4.78 is 29.3. The van der Waals surface area contributed by atoms with E-state index in [1.54, 1.807) is 61.5 Å². The van der Waals surface area contributed by atoms with Gasteiger partial charge in [0.05, 0.1) is 27.0 Å². The quantitative estimate of drug-likeness (QED) is 0.191. The Labute approximate surface area is 236 Å². The Hall–Kier alpha value is -5.38. The van der Waals surface area contributed by atoms with Crippen molar-refractivity contribution in [3.63, 3.8) is 0 Å². The highest BCUT2D eigenvalue weighted by Crippen LogP contribution is 2.39. The van der Waals surface area contributed by atoms with E-state index in [4.69, 9.17) is 25.4 Å². The highest BCUT2D eigenvalue weighted by Gasteiger charge is 2.25. The molecule has 0 aromatic heterocycles. The molecule has 0 fully saturated rings. The molecule has 0 saturated carbocycles. The van der Waals surface area contributed by atoms with Crippen LogP contribution in [-0.2, 0) is 0 Å². The van der Waals surface area contributed by atoms with E-state index in [2.05, 4.69) is 5.32 Å². The number of benzene rings is 4. The normalized spacial score (nSPS) is 10.5. The van der Waals surface area contributed by atoms with Crippen LogP contribution in [0, 0.1) is 18.2 Å². The average molecular weight is 557 g/mol. The van der Waals surface area contributed by atoms with E-state index in [9.17, 15) is 14.0 Å². The Morgan fingerprint density at radius 1 is 0.805 bits per heavy atom. The number of hydrogen-bond donors (Lipinski definition) is 3. The number of guanidine groups is 1. The van der Waals surface area contributed by atoms with Gasteiger partial charge < -0.3 is 25.3 Å². The fourth-order valence-electron chi connectivity index (χ4n) is 4.23. The number of aryl methyl sites for hydroxylation is 1.